The number of hydrogen-bond acceptors (Lipinski definition) is 3. The number of rotatable bonds is 4. The average Bonchev–Trinajstić information content (AvgIpc) is 2.36. The van der Waals surface area contributed by atoms with Crippen molar-refractivity contribution in [1.29, 1.82) is 0 Å². The molecule has 4 nitrogen and oxygen atoms in total. The van der Waals surface area contributed by atoms with E-state index in [9.17, 15) is 4.79 Å². The van der Waals surface area contributed by atoms with Gasteiger partial charge < -0.3 is 4.90 Å². The molecule has 21 heavy (non-hydrogen) atoms. The molecule has 0 amide bonds. The van der Waals surface area contributed by atoms with Gasteiger partial charge in [0.15, 0.2) is 0 Å². The van der Waals surface area contributed by atoms with Crippen molar-refractivity contribution in [3.05, 3.63) is 21.6 Å². The van der Waals surface area contributed by atoms with Crippen LogP contribution >= 0.6 is 0 Å². The highest BCUT2D eigenvalue weighted by Gasteiger charge is 2.24. The Bertz CT molecular complexity index is 525. The lowest BCUT2D eigenvalue weighted by Gasteiger charge is -2.35. The third-order valence-electron chi connectivity index (χ3n) is 4.35. The monoisotopic (exact) mass is 291 g/mol. The number of hydrogen-bond donors (Lipinski definition) is 1. The van der Waals surface area contributed by atoms with E-state index in [1.165, 1.54) is 6.42 Å². The number of nitrogens with zero attached hydrogens (tertiary/aromatic N) is 2. The van der Waals surface area contributed by atoms with Gasteiger partial charge in [0.1, 0.15) is 0 Å². The van der Waals surface area contributed by atoms with Crippen LogP contribution in [0.2, 0.25) is 0 Å². The van der Waals surface area contributed by atoms with Gasteiger partial charge in [0.25, 0.3) is 5.56 Å². The van der Waals surface area contributed by atoms with E-state index in [2.05, 4.69) is 42.6 Å². The summed E-state index contributed by atoms with van der Waals surface area (Å²) in [4.78, 5) is 22.3. The van der Waals surface area contributed by atoms with Gasteiger partial charge in [-0.1, -0.05) is 27.7 Å². The van der Waals surface area contributed by atoms with Gasteiger partial charge in [-0.3, -0.25) is 9.78 Å². The van der Waals surface area contributed by atoms with Crippen LogP contribution in [-0.2, 0) is 6.42 Å². The quantitative estimate of drug-likeness (QED) is 0.927. The van der Waals surface area contributed by atoms with Gasteiger partial charge in [0, 0.05) is 24.3 Å². The Kier molecular flexibility index (Phi) is 5.07. The van der Waals surface area contributed by atoms with Gasteiger partial charge in [0.2, 0.25) is 5.95 Å². The number of anilines is 1. The zero-order chi connectivity index (χ0) is 15.6. The topological polar surface area (TPSA) is 49.0 Å². The molecule has 118 valence electrons. The molecule has 1 N–H and O–H groups in total. The number of aromatic amines is 1. The van der Waals surface area contributed by atoms with Gasteiger partial charge >= 0.3 is 0 Å². The van der Waals surface area contributed by atoms with Crippen LogP contribution in [0.25, 0.3) is 0 Å². The maximum atomic E-state index is 12.4. The van der Waals surface area contributed by atoms with E-state index >= 15 is 0 Å². The first-order valence-corrected chi connectivity index (χ1v) is 8.21. The average molecular weight is 291 g/mol. The van der Waals surface area contributed by atoms with E-state index in [4.69, 9.17) is 0 Å². The highest BCUT2D eigenvalue weighted by molar-refractivity contribution is 5.34. The number of aromatic nitrogens is 2. The Morgan fingerprint density at radius 1 is 1.29 bits per heavy atom. The van der Waals surface area contributed by atoms with E-state index < -0.39 is 0 Å². The Morgan fingerprint density at radius 3 is 2.43 bits per heavy atom. The second-order valence-electron chi connectivity index (χ2n) is 7.24. The minimum Gasteiger partial charge on any atom is -0.342 e. The molecule has 0 bridgehead atoms. The lowest BCUT2D eigenvalue weighted by molar-refractivity contribution is 0.353. The summed E-state index contributed by atoms with van der Waals surface area (Å²) >= 11 is 0. The molecule has 1 aromatic rings. The fourth-order valence-electron chi connectivity index (χ4n) is 3.31. The summed E-state index contributed by atoms with van der Waals surface area (Å²) in [5.41, 5.74) is 1.79. The molecule has 2 atom stereocenters. The summed E-state index contributed by atoms with van der Waals surface area (Å²) in [6.07, 6.45) is 3.10. The van der Waals surface area contributed by atoms with Crippen molar-refractivity contribution in [2.75, 3.05) is 18.0 Å². The maximum Gasteiger partial charge on any atom is 0.255 e. The zero-order valence-corrected chi connectivity index (χ0v) is 14.1. The molecule has 1 aromatic heterocycles. The maximum absolute atomic E-state index is 12.4. The van der Waals surface area contributed by atoms with E-state index in [1.807, 2.05) is 6.92 Å². The third kappa shape index (κ3) is 4.08. The molecule has 0 radical (unpaired) electrons. The summed E-state index contributed by atoms with van der Waals surface area (Å²) in [6, 6.07) is 0. The van der Waals surface area contributed by atoms with Crippen LogP contribution in [-0.4, -0.2) is 23.1 Å². The Hall–Kier alpha value is -1.32. The highest BCUT2D eigenvalue weighted by Crippen LogP contribution is 2.24. The van der Waals surface area contributed by atoms with Gasteiger partial charge in [-0.2, -0.15) is 0 Å². The van der Waals surface area contributed by atoms with E-state index in [1.54, 1.807) is 0 Å². The first kappa shape index (κ1) is 16.1. The first-order valence-electron chi connectivity index (χ1n) is 8.21. The fourth-order valence-corrected chi connectivity index (χ4v) is 3.31. The van der Waals surface area contributed by atoms with Crippen molar-refractivity contribution in [3.63, 3.8) is 0 Å². The molecule has 0 saturated carbocycles. The number of piperidine rings is 1. The van der Waals surface area contributed by atoms with Gasteiger partial charge in [-0.05, 0) is 43.9 Å². The van der Waals surface area contributed by atoms with Crippen molar-refractivity contribution < 1.29 is 0 Å². The minimum absolute atomic E-state index is 0.0454. The Balaban J connectivity index is 2.21. The Morgan fingerprint density at radius 2 is 1.90 bits per heavy atom. The zero-order valence-electron chi connectivity index (χ0n) is 14.1. The standard InChI is InChI=1S/C17H29N3O/c1-11(2)6-7-15-14(5)18-17(19-16(15)21)20-9-12(3)8-13(4)10-20/h11-13H,6-10H2,1-5H3,(H,18,19,21)/t12-,13-/m0/s1. The summed E-state index contributed by atoms with van der Waals surface area (Å²) in [6.45, 7) is 12.8. The predicted molar refractivity (Wildman–Crippen MR) is 87.9 cm³/mol. The molecule has 0 spiro atoms. The second kappa shape index (κ2) is 6.63. The summed E-state index contributed by atoms with van der Waals surface area (Å²) < 4.78 is 0. The fraction of sp³-hybridized carbons (Fsp3) is 0.765. The normalized spacial score (nSPS) is 22.9. The Labute approximate surface area is 128 Å². The molecule has 2 rings (SSSR count). The number of nitrogens with one attached hydrogen (secondary N) is 1. The van der Waals surface area contributed by atoms with Crippen LogP contribution < -0.4 is 10.5 Å². The molecule has 0 unspecified atom stereocenters. The second-order valence-corrected chi connectivity index (χ2v) is 7.24. The molecule has 1 saturated heterocycles. The minimum atomic E-state index is 0.0454. The third-order valence-corrected chi connectivity index (χ3v) is 4.35. The first-order chi connectivity index (χ1) is 9.86. The summed E-state index contributed by atoms with van der Waals surface area (Å²) in [5, 5.41) is 0. The number of H-pyrrole nitrogens is 1. The lowest BCUT2D eigenvalue weighted by Crippen LogP contribution is -2.40. The highest BCUT2D eigenvalue weighted by atomic mass is 16.1. The number of aryl methyl sites for hydroxylation is 1. The molecule has 4 heteroatoms. The van der Waals surface area contributed by atoms with Crippen molar-refractivity contribution in [3.8, 4) is 0 Å². The molecule has 1 fully saturated rings. The summed E-state index contributed by atoms with van der Waals surface area (Å²) in [5.74, 6) is 2.66. The lowest BCUT2D eigenvalue weighted by atomic mass is 9.92. The van der Waals surface area contributed by atoms with Crippen LogP contribution in [0.15, 0.2) is 4.79 Å². The molecule has 2 heterocycles. The predicted octanol–water partition coefficient (Wildman–Crippen LogP) is 3.15. The molecular formula is C17H29N3O. The van der Waals surface area contributed by atoms with Crippen molar-refractivity contribution in [2.24, 2.45) is 17.8 Å². The van der Waals surface area contributed by atoms with Gasteiger partial charge in [-0.15, -0.1) is 0 Å². The molecule has 0 aliphatic carbocycles. The van der Waals surface area contributed by atoms with Crippen molar-refractivity contribution in [1.82, 2.24) is 9.97 Å². The van der Waals surface area contributed by atoms with Gasteiger partial charge in [-0.25, -0.2) is 4.98 Å². The SMILES string of the molecule is Cc1nc(N2C[C@@H](C)C[C@H](C)C2)[nH]c(=O)c1CCC(C)C. The van der Waals surface area contributed by atoms with E-state index in [0.29, 0.717) is 17.8 Å². The van der Waals surface area contributed by atoms with Crippen LogP contribution in [0.3, 0.4) is 0 Å². The molecule has 0 aromatic carbocycles. The van der Waals surface area contributed by atoms with E-state index in [0.717, 1.165) is 43.1 Å². The van der Waals surface area contributed by atoms with Crippen LogP contribution in [0.1, 0.15) is 51.8 Å². The van der Waals surface area contributed by atoms with Crippen LogP contribution in [0, 0.1) is 24.7 Å². The largest absolute Gasteiger partial charge is 0.342 e. The van der Waals surface area contributed by atoms with Crippen LogP contribution in [0.4, 0.5) is 5.95 Å². The molecule has 1 aliphatic heterocycles. The molecule has 1 aliphatic rings. The van der Waals surface area contributed by atoms with Crippen molar-refractivity contribution in [2.45, 2.75) is 53.9 Å². The van der Waals surface area contributed by atoms with Gasteiger partial charge in [0.05, 0.1) is 0 Å². The smallest absolute Gasteiger partial charge is 0.255 e. The van der Waals surface area contributed by atoms with Crippen LogP contribution in [0.5, 0.6) is 0 Å². The van der Waals surface area contributed by atoms with Crippen molar-refractivity contribution >= 4 is 5.95 Å². The molecular weight excluding hydrogens is 262 g/mol. The van der Waals surface area contributed by atoms with E-state index in [-0.39, 0.29) is 5.56 Å². The summed E-state index contributed by atoms with van der Waals surface area (Å²) in [7, 11) is 0.